The Bertz CT molecular complexity index is 919. The molecule has 1 unspecified atom stereocenters. The molecule has 1 aliphatic heterocycles. The highest BCUT2D eigenvalue weighted by Crippen LogP contribution is 2.40. The number of esters is 1. The number of hydrogen-bond donors (Lipinski definition) is 0. The van der Waals surface area contributed by atoms with Crippen molar-refractivity contribution in [3.63, 3.8) is 0 Å². The minimum absolute atomic E-state index is 0.0655. The molecular weight excluding hydrogens is 391 g/mol. The molecule has 3 rings (SSSR count). The standard InChI is InChI=1S/C24H26F3NO2/c1-16(13-23(29)30-3)19-11-9-18(10-12-19)8-7-17(2)28-15-22(28)20-5-4-6-21(14-20)24(25,26)27/h4-6,9-14,17,22H,7-8,15H2,1-3H3/t17-,22-,28?/m1/s1. The third-order valence-corrected chi connectivity index (χ3v) is 5.61. The third kappa shape index (κ3) is 5.51. The first kappa shape index (κ1) is 22.1. The van der Waals surface area contributed by atoms with Crippen LogP contribution in [0.4, 0.5) is 13.2 Å². The summed E-state index contributed by atoms with van der Waals surface area (Å²) >= 11 is 0. The van der Waals surface area contributed by atoms with E-state index in [4.69, 9.17) is 0 Å². The summed E-state index contributed by atoms with van der Waals surface area (Å²) in [6.07, 6.45) is -1.04. The first-order valence-corrected chi connectivity index (χ1v) is 9.97. The fourth-order valence-corrected chi connectivity index (χ4v) is 3.65. The highest BCUT2D eigenvalue weighted by Gasteiger charge is 2.40. The van der Waals surface area contributed by atoms with Crippen LogP contribution in [0.1, 0.15) is 48.6 Å². The van der Waals surface area contributed by atoms with Crippen molar-refractivity contribution in [2.45, 2.75) is 44.9 Å². The van der Waals surface area contributed by atoms with Gasteiger partial charge in [-0.25, -0.2) is 4.79 Å². The zero-order chi connectivity index (χ0) is 21.9. The largest absolute Gasteiger partial charge is 0.466 e. The van der Waals surface area contributed by atoms with Crippen molar-refractivity contribution in [3.05, 3.63) is 76.9 Å². The molecule has 3 atom stereocenters. The van der Waals surface area contributed by atoms with Gasteiger partial charge in [0.05, 0.1) is 12.7 Å². The van der Waals surface area contributed by atoms with Crippen LogP contribution < -0.4 is 0 Å². The Labute approximate surface area is 175 Å². The number of rotatable bonds is 7. The molecule has 1 aliphatic rings. The average molecular weight is 417 g/mol. The lowest BCUT2D eigenvalue weighted by atomic mass is 10.0. The predicted octanol–water partition coefficient (Wildman–Crippen LogP) is 5.66. The summed E-state index contributed by atoms with van der Waals surface area (Å²) in [5.41, 5.74) is 3.14. The Morgan fingerprint density at radius 1 is 1.23 bits per heavy atom. The maximum absolute atomic E-state index is 12.9. The highest BCUT2D eigenvalue weighted by molar-refractivity contribution is 5.90. The van der Waals surface area contributed by atoms with Gasteiger partial charge in [-0.1, -0.05) is 36.4 Å². The Morgan fingerprint density at radius 2 is 1.93 bits per heavy atom. The fourth-order valence-electron chi connectivity index (χ4n) is 3.65. The Morgan fingerprint density at radius 3 is 2.57 bits per heavy atom. The van der Waals surface area contributed by atoms with Crippen LogP contribution in [0.5, 0.6) is 0 Å². The summed E-state index contributed by atoms with van der Waals surface area (Å²) in [6.45, 7) is 4.77. The van der Waals surface area contributed by atoms with Crippen molar-refractivity contribution in [3.8, 4) is 0 Å². The summed E-state index contributed by atoms with van der Waals surface area (Å²) in [5.74, 6) is -0.376. The minimum Gasteiger partial charge on any atom is -0.466 e. The molecule has 0 N–H and O–H groups in total. The van der Waals surface area contributed by atoms with Gasteiger partial charge in [-0.3, -0.25) is 4.90 Å². The second kappa shape index (κ2) is 9.04. The summed E-state index contributed by atoms with van der Waals surface area (Å²) in [5, 5.41) is 0. The van der Waals surface area contributed by atoms with Crippen LogP contribution in [-0.4, -0.2) is 30.6 Å². The zero-order valence-corrected chi connectivity index (χ0v) is 17.4. The lowest BCUT2D eigenvalue weighted by Gasteiger charge is -2.15. The molecule has 0 radical (unpaired) electrons. The van der Waals surface area contributed by atoms with E-state index in [1.54, 1.807) is 6.07 Å². The molecule has 0 spiro atoms. The second-order valence-corrected chi connectivity index (χ2v) is 7.77. The van der Waals surface area contributed by atoms with Gasteiger partial charge in [0.15, 0.2) is 0 Å². The van der Waals surface area contributed by atoms with Gasteiger partial charge in [-0.15, -0.1) is 0 Å². The number of ether oxygens (including phenoxy) is 1. The van der Waals surface area contributed by atoms with Crippen molar-refractivity contribution in [2.24, 2.45) is 0 Å². The fraction of sp³-hybridized carbons (Fsp3) is 0.375. The molecule has 1 fully saturated rings. The molecule has 3 nitrogen and oxygen atoms in total. The number of alkyl halides is 3. The monoisotopic (exact) mass is 417 g/mol. The Kier molecular flexibility index (Phi) is 6.66. The highest BCUT2D eigenvalue weighted by atomic mass is 19.4. The molecule has 6 heteroatoms. The molecule has 1 heterocycles. The maximum Gasteiger partial charge on any atom is 0.416 e. The van der Waals surface area contributed by atoms with E-state index in [2.05, 4.69) is 16.6 Å². The molecule has 2 aromatic carbocycles. The normalized spacial score (nSPS) is 20.0. The van der Waals surface area contributed by atoms with Gasteiger partial charge >= 0.3 is 12.1 Å². The van der Waals surface area contributed by atoms with Gasteiger partial charge in [-0.05, 0) is 61.1 Å². The molecule has 0 aromatic heterocycles. The average Bonchev–Trinajstić information content (AvgIpc) is 3.53. The van der Waals surface area contributed by atoms with Crippen LogP contribution in [0, 0.1) is 0 Å². The molecule has 2 aromatic rings. The predicted molar refractivity (Wildman–Crippen MR) is 111 cm³/mol. The number of methoxy groups -OCH3 is 1. The van der Waals surface area contributed by atoms with E-state index < -0.39 is 11.7 Å². The number of nitrogens with zero attached hydrogens (tertiary/aromatic N) is 1. The molecule has 0 amide bonds. The van der Waals surface area contributed by atoms with E-state index in [1.807, 2.05) is 31.2 Å². The first-order chi connectivity index (χ1) is 14.2. The van der Waals surface area contributed by atoms with Gasteiger partial charge in [-0.2, -0.15) is 13.2 Å². The molecule has 160 valence electrons. The maximum atomic E-state index is 12.9. The molecule has 0 saturated carbocycles. The van der Waals surface area contributed by atoms with Crippen LogP contribution >= 0.6 is 0 Å². The van der Waals surface area contributed by atoms with E-state index >= 15 is 0 Å². The van der Waals surface area contributed by atoms with Crippen LogP contribution in [0.2, 0.25) is 0 Å². The number of carbonyl (C=O) groups excluding carboxylic acids is 1. The van der Waals surface area contributed by atoms with Gasteiger partial charge in [0.2, 0.25) is 0 Å². The molecule has 0 bridgehead atoms. The van der Waals surface area contributed by atoms with Crippen molar-refractivity contribution < 1.29 is 22.7 Å². The van der Waals surface area contributed by atoms with Crippen LogP contribution in [-0.2, 0) is 22.1 Å². The van der Waals surface area contributed by atoms with Crippen molar-refractivity contribution in [2.75, 3.05) is 13.7 Å². The Balaban J connectivity index is 1.54. The first-order valence-electron chi connectivity index (χ1n) is 9.97. The third-order valence-electron chi connectivity index (χ3n) is 5.61. The van der Waals surface area contributed by atoms with Crippen molar-refractivity contribution in [1.82, 2.24) is 4.90 Å². The zero-order valence-electron chi connectivity index (χ0n) is 17.4. The number of aryl methyl sites for hydroxylation is 1. The lowest BCUT2D eigenvalue weighted by Crippen LogP contribution is -2.16. The smallest absolute Gasteiger partial charge is 0.416 e. The molecule has 1 saturated heterocycles. The van der Waals surface area contributed by atoms with E-state index in [0.717, 1.165) is 42.2 Å². The molecular formula is C24H26F3NO2. The number of halogens is 3. The Hall–Kier alpha value is -2.60. The van der Waals surface area contributed by atoms with Gasteiger partial charge in [0, 0.05) is 24.7 Å². The summed E-state index contributed by atoms with van der Waals surface area (Å²) < 4.78 is 43.5. The minimum atomic E-state index is -4.31. The summed E-state index contributed by atoms with van der Waals surface area (Å²) in [7, 11) is 1.35. The van der Waals surface area contributed by atoms with Crippen LogP contribution in [0.15, 0.2) is 54.6 Å². The molecule has 0 aliphatic carbocycles. The van der Waals surface area contributed by atoms with Gasteiger partial charge in [0.25, 0.3) is 0 Å². The van der Waals surface area contributed by atoms with Crippen molar-refractivity contribution >= 4 is 11.5 Å². The van der Waals surface area contributed by atoms with Crippen LogP contribution in [0.25, 0.3) is 5.57 Å². The van der Waals surface area contributed by atoms with Gasteiger partial charge in [0.1, 0.15) is 0 Å². The SMILES string of the molecule is COC(=O)C=C(C)c1ccc(CC[C@@H](C)N2C[C@@H]2c2cccc(C(F)(F)F)c2)cc1. The van der Waals surface area contributed by atoms with E-state index in [1.165, 1.54) is 30.9 Å². The van der Waals surface area contributed by atoms with Crippen LogP contribution in [0.3, 0.4) is 0 Å². The van der Waals surface area contributed by atoms with Gasteiger partial charge < -0.3 is 4.74 Å². The number of allylic oxidation sites excluding steroid dienone is 1. The lowest BCUT2D eigenvalue weighted by molar-refractivity contribution is -0.137. The number of hydrogen-bond acceptors (Lipinski definition) is 3. The number of carbonyl (C=O) groups is 1. The quantitative estimate of drug-likeness (QED) is 0.331. The van der Waals surface area contributed by atoms with E-state index in [-0.39, 0.29) is 18.1 Å². The number of benzene rings is 2. The van der Waals surface area contributed by atoms with E-state index in [0.29, 0.717) is 0 Å². The van der Waals surface area contributed by atoms with E-state index in [9.17, 15) is 18.0 Å². The van der Waals surface area contributed by atoms with Crippen molar-refractivity contribution in [1.29, 1.82) is 0 Å². The summed E-state index contributed by atoms with van der Waals surface area (Å²) in [6, 6.07) is 14.0. The summed E-state index contributed by atoms with van der Waals surface area (Å²) in [4.78, 5) is 13.6. The topological polar surface area (TPSA) is 29.3 Å². The molecule has 30 heavy (non-hydrogen) atoms. The second-order valence-electron chi connectivity index (χ2n) is 7.77.